The Hall–Kier alpha value is -5.89. The summed E-state index contributed by atoms with van der Waals surface area (Å²) < 4.78 is 60.1. The van der Waals surface area contributed by atoms with Crippen LogP contribution in [0.25, 0.3) is 0 Å². The van der Waals surface area contributed by atoms with Gasteiger partial charge >= 0.3 is 47.8 Å². The molecule has 12 unspecified atom stereocenters. The highest BCUT2D eigenvalue weighted by Gasteiger charge is 2.92. The van der Waals surface area contributed by atoms with Crippen LogP contribution in [0.5, 0.6) is 0 Å². The van der Waals surface area contributed by atoms with Crippen LogP contribution in [0.3, 0.4) is 0 Å². The molecule has 0 amide bonds. The molecule has 2 saturated carbocycles. The van der Waals surface area contributed by atoms with E-state index in [1.54, 1.807) is 6.07 Å². The van der Waals surface area contributed by atoms with E-state index in [-0.39, 0.29) is 24.0 Å². The van der Waals surface area contributed by atoms with Gasteiger partial charge in [-0.15, -0.1) is 0 Å². The van der Waals surface area contributed by atoms with Crippen molar-refractivity contribution in [3.8, 4) is 0 Å². The second-order valence-corrected chi connectivity index (χ2v) is 16.1. The zero-order valence-electron chi connectivity index (χ0n) is 34.7. The standard InChI is InChI=1S/C41H47NO19/c1-19-9-10-25-11-13-42-15-27(25)37(50)54-17-38(7)28-29(55-21(3)44)33(57-23(5)46)40(18-53-20(2)43)34(58-24(6)47)30(59-36(49)26-12-14-52-16-26)32(60-35(19)48)39(8,51)41(40,61-38)31(28)56-22(4)45/h11-16,19,28-34,51H,9-10,17-18H2,1-8H3. The molecule has 1 saturated heterocycles. The summed E-state index contributed by atoms with van der Waals surface area (Å²) in [5.41, 5.74) is -10.1. The van der Waals surface area contributed by atoms with E-state index in [2.05, 4.69) is 4.98 Å². The van der Waals surface area contributed by atoms with Gasteiger partial charge in [0.2, 0.25) is 0 Å². The SMILES string of the molecule is CC(=O)OCC12C(OC(C)=O)C(OC(C)=O)C3C(OC(C)=O)C14OC3(C)COC(=O)c1cnccc1CCC(C)C(=O)OC(C(OC(=O)c1ccoc1)C2OC(C)=O)C4(C)O. The minimum Gasteiger partial charge on any atom is -0.472 e. The molecule has 4 bridgehead atoms. The number of hydrogen-bond donors (Lipinski definition) is 1. The molecule has 2 aromatic heterocycles. The molecular formula is C41H47NO19. The smallest absolute Gasteiger partial charge is 0.341 e. The van der Waals surface area contributed by atoms with E-state index in [0.717, 1.165) is 54.1 Å². The molecule has 2 aliphatic carbocycles. The van der Waals surface area contributed by atoms with Gasteiger partial charge in [-0.25, -0.2) is 9.59 Å². The molecule has 12 atom stereocenters. The number of pyridine rings is 1. The third-order valence-corrected chi connectivity index (χ3v) is 11.9. The summed E-state index contributed by atoms with van der Waals surface area (Å²) in [4.78, 5) is 113. The van der Waals surface area contributed by atoms with Crippen LogP contribution >= 0.6 is 0 Å². The molecule has 2 aromatic rings. The van der Waals surface area contributed by atoms with Crippen LogP contribution < -0.4 is 0 Å². The Morgan fingerprint density at radius 2 is 1.46 bits per heavy atom. The molecule has 3 fully saturated rings. The summed E-state index contributed by atoms with van der Waals surface area (Å²) in [6.45, 7) is 7.06. The fourth-order valence-electron chi connectivity index (χ4n) is 9.56. The first-order valence-electron chi connectivity index (χ1n) is 19.4. The van der Waals surface area contributed by atoms with Crippen LogP contribution in [0.4, 0.5) is 0 Å². The number of fused-ring (bicyclic) bond motifs is 5. The molecule has 330 valence electrons. The normalized spacial score (nSPS) is 35.4. The first kappa shape index (κ1) is 44.7. The molecule has 4 aliphatic rings. The van der Waals surface area contributed by atoms with Gasteiger partial charge in [-0.3, -0.25) is 33.8 Å². The van der Waals surface area contributed by atoms with Crippen LogP contribution in [0, 0.1) is 17.3 Å². The fourth-order valence-corrected chi connectivity index (χ4v) is 9.56. The zero-order valence-corrected chi connectivity index (χ0v) is 34.7. The van der Waals surface area contributed by atoms with Gasteiger partial charge in [0.15, 0.2) is 30.0 Å². The monoisotopic (exact) mass is 857 g/mol. The average Bonchev–Trinajstić information content (AvgIpc) is 3.79. The van der Waals surface area contributed by atoms with Gasteiger partial charge in [0.05, 0.1) is 29.2 Å². The van der Waals surface area contributed by atoms with Crippen LogP contribution in [-0.2, 0) is 77.8 Å². The molecule has 0 radical (unpaired) electrons. The summed E-state index contributed by atoms with van der Waals surface area (Å²) in [7, 11) is 0. The zero-order chi connectivity index (χ0) is 44.8. The summed E-state index contributed by atoms with van der Waals surface area (Å²) in [5.74, 6) is -10.8. The number of aryl methyl sites for hydroxylation is 1. The third kappa shape index (κ3) is 7.59. The lowest BCUT2D eigenvalue weighted by Gasteiger charge is -2.67. The van der Waals surface area contributed by atoms with E-state index in [1.807, 2.05) is 0 Å². The minimum absolute atomic E-state index is 0.0163. The highest BCUT2D eigenvalue weighted by molar-refractivity contribution is 5.91. The predicted octanol–water partition coefficient (Wildman–Crippen LogP) is 1.75. The number of rotatable bonds is 8. The maximum absolute atomic E-state index is 14.3. The molecule has 2 aliphatic heterocycles. The number of hydrogen-bond acceptors (Lipinski definition) is 20. The van der Waals surface area contributed by atoms with Crippen molar-refractivity contribution in [2.24, 2.45) is 17.3 Å². The second kappa shape index (κ2) is 16.5. The summed E-state index contributed by atoms with van der Waals surface area (Å²) in [6, 6.07) is 2.78. The van der Waals surface area contributed by atoms with E-state index in [1.165, 1.54) is 32.3 Å². The fraction of sp³-hybridized carbons (Fsp3) is 0.585. The molecule has 1 spiro atoms. The Kier molecular flexibility index (Phi) is 12.1. The number of cyclic esters (lactones) is 1. The van der Waals surface area contributed by atoms with Gasteiger partial charge in [-0.1, -0.05) is 6.92 Å². The number of carbonyl (C=O) groups is 8. The lowest BCUT2D eigenvalue weighted by Crippen LogP contribution is -2.89. The Morgan fingerprint density at radius 3 is 2.05 bits per heavy atom. The summed E-state index contributed by atoms with van der Waals surface area (Å²) in [5, 5.41) is 13.6. The van der Waals surface area contributed by atoms with Crippen molar-refractivity contribution in [1.29, 1.82) is 0 Å². The number of carbonyl (C=O) groups excluding carboxylic acids is 8. The Labute approximate surface area is 348 Å². The van der Waals surface area contributed by atoms with Crippen LogP contribution in [-0.4, -0.2) is 124 Å². The van der Waals surface area contributed by atoms with E-state index >= 15 is 0 Å². The lowest BCUT2D eigenvalue weighted by molar-refractivity contribution is -0.386. The number of nitrogens with zero attached hydrogens (tertiary/aromatic N) is 1. The van der Waals surface area contributed by atoms with Gasteiger partial charge in [0.1, 0.15) is 48.3 Å². The van der Waals surface area contributed by atoms with Gasteiger partial charge in [-0.2, -0.15) is 0 Å². The van der Waals surface area contributed by atoms with Crippen LogP contribution in [0.2, 0.25) is 0 Å². The molecule has 61 heavy (non-hydrogen) atoms. The molecular weight excluding hydrogens is 810 g/mol. The van der Waals surface area contributed by atoms with Crippen molar-refractivity contribution < 1.29 is 90.5 Å². The number of esters is 8. The highest BCUT2D eigenvalue weighted by Crippen LogP contribution is 2.70. The van der Waals surface area contributed by atoms with Gasteiger partial charge in [-0.05, 0) is 44.4 Å². The van der Waals surface area contributed by atoms with Crippen molar-refractivity contribution in [3.63, 3.8) is 0 Å². The average molecular weight is 858 g/mol. The first-order chi connectivity index (χ1) is 28.6. The Balaban J connectivity index is 1.77. The molecule has 4 heterocycles. The summed E-state index contributed by atoms with van der Waals surface area (Å²) >= 11 is 0. The van der Waals surface area contributed by atoms with Crippen molar-refractivity contribution in [2.75, 3.05) is 13.2 Å². The number of furan rings is 1. The van der Waals surface area contributed by atoms with E-state index < -0.39 is 132 Å². The van der Waals surface area contributed by atoms with Crippen molar-refractivity contribution >= 4 is 47.8 Å². The van der Waals surface area contributed by atoms with E-state index in [9.17, 15) is 43.5 Å². The minimum atomic E-state index is -2.87. The second-order valence-electron chi connectivity index (χ2n) is 16.1. The maximum Gasteiger partial charge on any atom is 0.341 e. The van der Waals surface area contributed by atoms with Crippen molar-refractivity contribution in [2.45, 2.75) is 122 Å². The molecule has 1 N–H and O–H groups in total. The van der Waals surface area contributed by atoms with E-state index in [0.29, 0.717) is 5.56 Å². The molecule has 20 heteroatoms. The van der Waals surface area contributed by atoms with Crippen LogP contribution in [0.15, 0.2) is 41.5 Å². The number of aromatic nitrogens is 1. The Bertz CT molecular complexity index is 2100. The maximum atomic E-state index is 14.3. The number of aliphatic hydroxyl groups is 1. The van der Waals surface area contributed by atoms with Crippen LogP contribution in [0.1, 0.15) is 88.1 Å². The lowest BCUT2D eigenvalue weighted by atomic mass is 9.45. The third-order valence-electron chi connectivity index (χ3n) is 11.9. The van der Waals surface area contributed by atoms with Crippen molar-refractivity contribution in [3.05, 3.63) is 53.7 Å². The van der Waals surface area contributed by atoms with Gasteiger partial charge < -0.3 is 52.2 Å². The molecule has 20 nitrogen and oxygen atoms in total. The summed E-state index contributed by atoms with van der Waals surface area (Å²) in [6.07, 6.45) is -7.21. The largest absolute Gasteiger partial charge is 0.472 e. The topological polar surface area (TPSA) is 266 Å². The first-order valence-corrected chi connectivity index (χ1v) is 19.4. The molecule has 6 rings (SSSR count). The Morgan fingerprint density at radius 1 is 0.836 bits per heavy atom. The van der Waals surface area contributed by atoms with Gasteiger partial charge in [0.25, 0.3) is 0 Å². The van der Waals surface area contributed by atoms with E-state index in [4.69, 9.17) is 47.0 Å². The van der Waals surface area contributed by atoms with Crippen molar-refractivity contribution in [1.82, 2.24) is 4.98 Å². The van der Waals surface area contributed by atoms with Gasteiger partial charge in [0, 0.05) is 47.0 Å². The quantitative estimate of drug-likeness (QED) is 0.293. The predicted molar refractivity (Wildman–Crippen MR) is 197 cm³/mol. The highest BCUT2D eigenvalue weighted by atomic mass is 16.7. The molecule has 0 aromatic carbocycles. The number of ether oxygens (including phenoxy) is 9.